The highest BCUT2D eigenvalue weighted by Crippen LogP contribution is 2.33. The summed E-state index contributed by atoms with van der Waals surface area (Å²) in [7, 11) is 0. The first kappa shape index (κ1) is 19.7. The van der Waals surface area contributed by atoms with Gasteiger partial charge in [0.15, 0.2) is 0 Å². The molecule has 3 rings (SSSR count). The van der Waals surface area contributed by atoms with Crippen molar-refractivity contribution >= 4 is 22.8 Å². The van der Waals surface area contributed by atoms with E-state index in [1.807, 2.05) is 48.7 Å². The van der Waals surface area contributed by atoms with Crippen LogP contribution in [0.4, 0.5) is 0 Å². The molecule has 0 saturated heterocycles. The molecule has 28 heavy (non-hydrogen) atoms. The molecule has 0 aliphatic heterocycles. The van der Waals surface area contributed by atoms with E-state index in [2.05, 4.69) is 0 Å². The van der Waals surface area contributed by atoms with Crippen LogP contribution in [0.1, 0.15) is 42.4 Å². The molecule has 0 spiro atoms. The number of rotatable bonds is 5. The third-order valence-corrected chi connectivity index (χ3v) is 4.64. The van der Waals surface area contributed by atoms with Crippen LogP contribution in [0.25, 0.3) is 16.6 Å². The molecule has 0 bridgehead atoms. The minimum Gasteiger partial charge on any atom is -0.462 e. The predicted molar refractivity (Wildman–Crippen MR) is 109 cm³/mol. The molecule has 0 saturated carbocycles. The minimum absolute atomic E-state index is 0.237. The number of ether oxygens (including phenoxy) is 2. The Morgan fingerprint density at radius 3 is 2.32 bits per heavy atom. The summed E-state index contributed by atoms with van der Waals surface area (Å²) < 4.78 is 12.8. The van der Waals surface area contributed by atoms with Gasteiger partial charge in [-0.15, -0.1) is 0 Å². The van der Waals surface area contributed by atoms with Crippen LogP contribution in [0.2, 0.25) is 0 Å². The summed E-state index contributed by atoms with van der Waals surface area (Å²) in [5.41, 5.74) is 4.24. The number of esters is 2. The number of hydrogen-bond donors (Lipinski definition) is 0. The van der Waals surface area contributed by atoms with Crippen LogP contribution >= 0.6 is 0 Å². The standard InChI is InChI=1S/C23H25NO4/c1-6-27-23(26)21-16(5)24(17-9-7-15(4)8-10-17)20-12-11-18(13-19(20)21)28-22(25)14(2)3/h7-14H,6H2,1-5H3. The van der Waals surface area contributed by atoms with E-state index in [0.717, 1.165) is 22.5 Å². The van der Waals surface area contributed by atoms with Gasteiger partial charge < -0.3 is 14.0 Å². The van der Waals surface area contributed by atoms with Crippen LogP contribution in [-0.4, -0.2) is 23.1 Å². The number of nitrogens with zero attached hydrogens (tertiary/aromatic N) is 1. The zero-order valence-electron chi connectivity index (χ0n) is 16.9. The summed E-state index contributed by atoms with van der Waals surface area (Å²) in [5.74, 6) is -0.521. The molecule has 5 heteroatoms. The summed E-state index contributed by atoms with van der Waals surface area (Å²) in [5, 5.41) is 0.700. The molecule has 0 aliphatic rings. The van der Waals surface area contributed by atoms with Gasteiger partial charge in [0.2, 0.25) is 0 Å². The molecular weight excluding hydrogens is 354 g/mol. The van der Waals surface area contributed by atoms with Crippen molar-refractivity contribution in [1.29, 1.82) is 0 Å². The van der Waals surface area contributed by atoms with Crippen LogP contribution in [0.3, 0.4) is 0 Å². The number of carbonyl (C=O) groups excluding carboxylic acids is 2. The second kappa shape index (κ2) is 7.89. The molecule has 0 amide bonds. The molecule has 0 radical (unpaired) electrons. The van der Waals surface area contributed by atoms with Gasteiger partial charge in [-0.2, -0.15) is 0 Å². The van der Waals surface area contributed by atoms with Crippen LogP contribution in [-0.2, 0) is 9.53 Å². The Morgan fingerprint density at radius 2 is 1.71 bits per heavy atom. The number of fused-ring (bicyclic) bond motifs is 1. The normalized spacial score (nSPS) is 11.1. The highest BCUT2D eigenvalue weighted by atomic mass is 16.5. The van der Waals surface area contributed by atoms with Gasteiger partial charge in [-0.05, 0) is 51.1 Å². The second-order valence-corrected chi connectivity index (χ2v) is 7.11. The SMILES string of the molecule is CCOC(=O)c1c(C)n(-c2ccc(C)cc2)c2ccc(OC(=O)C(C)C)cc12. The summed E-state index contributed by atoms with van der Waals surface area (Å²) >= 11 is 0. The highest BCUT2D eigenvalue weighted by molar-refractivity contribution is 6.07. The topological polar surface area (TPSA) is 57.5 Å². The lowest BCUT2D eigenvalue weighted by Crippen LogP contribution is -2.14. The Balaban J connectivity index is 2.21. The van der Waals surface area contributed by atoms with E-state index in [1.54, 1.807) is 32.9 Å². The fraction of sp³-hybridized carbons (Fsp3) is 0.304. The molecule has 1 aromatic heterocycles. The van der Waals surface area contributed by atoms with Crippen LogP contribution in [0.15, 0.2) is 42.5 Å². The Morgan fingerprint density at radius 1 is 1.04 bits per heavy atom. The van der Waals surface area contributed by atoms with E-state index in [0.29, 0.717) is 16.7 Å². The molecule has 146 valence electrons. The average Bonchev–Trinajstić information content (AvgIpc) is 2.94. The number of hydrogen-bond acceptors (Lipinski definition) is 4. The van der Waals surface area contributed by atoms with Gasteiger partial charge in [0, 0.05) is 16.8 Å². The quantitative estimate of drug-likeness (QED) is 0.463. The molecule has 3 aromatic rings. The van der Waals surface area contributed by atoms with Crippen LogP contribution in [0.5, 0.6) is 5.75 Å². The number of aromatic nitrogens is 1. The molecule has 1 heterocycles. The fourth-order valence-corrected chi connectivity index (χ4v) is 3.18. The summed E-state index contributed by atoms with van der Waals surface area (Å²) in [4.78, 5) is 24.7. The molecule has 0 aliphatic carbocycles. The van der Waals surface area contributed by atoms with Crippen molar-refractivity contribution in [3.8, 4) is 11.4 Å². The fourth-order valence-electron chi connectivity index (χ4n) is 3.18. The molecule has 0 atom stereocenters. The minimum atomic E-state index is -0.386. The molecule has 0 fully saturated rings. The van der Waals surface area contributed by atoms with E-state index >= 15 is 0 Å². The molecular formula is C23H25NO4. The monoisotopic (exact) mass is 379 g/mol. The van der Waals surface area contributed by atoms with Crippen molar-refractivity contribution in [2.75, 3.05) is 6.61 Å². The first-order chi connectivity index (χ1) is 13.3. The van der Waals surface area contributed by atoms with Gasteiger partial charge >= 0.3 is 11.9 Å². The summed E-state index contributed by atoms with van der Waals surface area (Å²) in [6, 6.07) is 13.5. The first-order valence-electron chi connectivity index (χ1n) is 9.44. The Labute approximate surface area is 164 Å². The van der Waals surface area contributed by atoms with E-state index < -0.39 is 0 Å². The second-order valence-electron chi connectivity index (χ2n) is 7.11. The van der Waals surface area contributed by atoms with Crippen molar-refractivity contribution in [1.82, 2.24) is 4.57 Å². The Bertz CT molecular complexity index is 1030. The Kier molecular flexibility index (Phi) is 5.54. The summed E-state index contributed by atoms with van der Waals surface area (Å²) in [6.07, 6.45) is 0. The van der Waals surface area contributed by atoms with Gasteiger partial charge in [0.05, 0.1) is 23.6 Å². The van der Waals surface area contributed by atoms with Crippen molar-refractivity contribution in [2.45, 2.75) is 34.6 Å². The van der Waals surface area contributed by atoms with E-state index in [4.69, 9.17) is 9.47 Å². The third-order valence-electron chi connectivity index (χ3n) is 4.64. The van der Waals surface area contributed by atoms with Crippen molar-refractivity contribution in [2.24, 2.45) is 5.92 Å². The molecule has 2 aromatic carbocycles. The molecule has 0 N–H and O–H groups in total. The van der Waals surface area contributed by atoms with Crippen LogP contribution in [0, 0.1) is 19.8 Å². The molecule has 0 unspecified atom stereocenters. The van der Waals surface area contributed by atoms with Gasteiger partial charge in [-0.25, -0.2) is 4.79 Å². The van der Waals surface area contributed by atoms with Gasteiger partial charge in [0.25, 0.3) is 0 Å². The van der Waals surface area contributed by atoms with E-state index in [-0.39, 0.29) is 24.5 Å². The largest absolute Gasteiger partial charge is 0.462 e. The van der Waals surface area contributed by atoms with Crippen LogP contribution < -0.4 is 4.74 Å². The summed E-state index contributed by atoms with van der Waals surface area (Å²) in [6.45, 7) is 9.56. The molecule has 5 nitrogen and oxygen atoms in total. The lowest BCUT2D eigenvalue weighted by atomic mass is 10.1. The highest BCUT2D eigenvalue weighted by Gasteiger charge is 2.23. The first-order valence-corrected chi connectivity index (χ1v) is 9.44. The van der Waals surface area contributed by atoms with Crippen molar-refractivity contribution < 1.29 is 19.1 Å². The lowest BCUT2D eigenvalue weighted by Gasteiger charge is -2.10. The lowest BCUT2D eigenvalue weighted by molar-refractivity contribution is -0.137. The van der Waals surface area contributed by atoms with Crippen molar-refractivity contribution in [3.05, 3.63) is 59.3 Å². The van der Waals surface area contributed by atoms with E-state index in [9.17, 15) is 9.59 Å². The van der Waals surface area contributed by atoms with E-state index in [1.165, 1.54) is 0 Å². The van der Waals surface area contributed by atoms with Gasteiger partial charge in [-0.1, -0.05) is 31.5 Å². The maximum Gasteiger partial charge on any atom is 0.340 e. The van der Waals surface area contributed by atoms with Crippen molar-refractivity contribution in [3.63, 3.8) is 0 Å². The zero-order valence-corrected chi connectivity index (χ0v) is 16.9. The maximum absolute atomic E-state index is 12.7. The third kappa shape index (κ3) is 3.65. The average molecular weight is 379 g/mol. The number of carbonyl (C=O) groups is 2. The number of benzene rings is 2. The Hall–Kier alpha value is -3.08. The van der Waals surface area contributed by atoms with Gasteiger partial charge in [-0.3, -0.25) is 4.79 Å². The number of aryl methyl sites for hydroxylation is 1. The maximum atomic E-state index is 12.7. The van der Waals surface area contributed by atoms with Gasteiger partial charge in [0.1, 0.15) is 5.75 Å². The smallest absolute Gasteiger partial charge is 0.340 e. The predicted octanol–water partition coefficient (Wildman–Crippen LogP) is 4.99. The zero-order chi connectivity index (χ0) is 20.4.